The fourth-order valence-electron chi connectivity index (χ4n) is 8.60. The van der Waals surface area contributed by atoms with Crippen molar-refractivity contribution in [1.29, 1.82) is 0 Å². The molecule has 0 radical (unpaired) electrons. The monoisotopic (exact) mass is 668 g/mol. The Morgan fingerprint density at radius 3 is 1.02 bits per heavy atom. The van der Waals surface area contributed by atoms with Crippen molar-refractivity contribution in [1.82, 2.24) is 0 Å². The molecule has 2 N–H and O–H groups in total. The predicted octanol–water partition coefficient (Wildman–Crippen LogP) is 9.89. The molecule has 0 aromatic heterocycles. The Labute approximate surface area is 291 Å². The van der Waals surface area contributed by atoms with Gasteiger partial charge in [0.1, 0.15) is 0 Å². The third-order valence-corrected chi connectivity index (χ3v) is 16.9. The van der Waals surface area contributed by atoms with Crippen LogP contribution in [0.25, 0.3) is 0 Å². The first-order valence-corrected chi connectivity index (χ1v) is 20.9. The van der Waals surface area contributed by atoms with E-state index >= 15 is 0 Å². The second kappa shape index (κ2) is 15.8. The second-order valence-corrected chi connectivity index (χ2v) is 18.7. The van der Waals surface area contributed by atoms with Crippen molar-refractivity contribution in [2.24, 2.45) is 11.8 Å². The summed E-state index contributed by atoms with van der Waals surface area (Å²) in [6.07, 6.45) is 7.80. The van der Waals surface area contributed by atoms with E-state index in [1.165, 1.54) is 71.1 Å². The van der Waals surface area contributed by atoms with Gasteiger partial charge in [0.15, 0.2) is 0 Å². The molecule has 6 atom stereocenters. The van der Waals surface area contributed by atoms with Crippen molar-refractivity contribution in [3.63, 3.8) is 0 Å². The van der Waals surface area contributed by atoms with Gasteiger partial charge in [0.25, 0.3) is 0 Å². The molecule has 0 saturated heterocycles. The highest BCUT2D eigenvalue weighted by Crippen LogP contribution is 2.53. The minimum absolute atomic E-state index is 0.386. The highest BCUT2D eigenvalue weighted by Gasteiger charge is 2.40. The fraction of sp³-hybridized carbons (Fsp3) is 0.318. The van der Waals surface area contributed by atoms with Gasteiger partial charge in [-0.1, -0.05) is 146 Å². The molecule has 2 saturated carbocycles. The van der Waals surface area contributed by atoms with Gasteiger partial charge in [-0.2, -0.15) is 0 Å². The molecule has 48 heavy (non-hydrogen) atoms. The molecule has 2 nitrogen and oxygen atoms in total. The number of hydrogen-bond acceptors (Lipinski definition) is 2. The molecular weight excluding hydrogens is 618 g/mol. The molecule has 4 heteroatoms. The minimum Gasteiger partial charge on any atom is -0.381 e. The van der Waals surface area contributed by atoms with E-state index in [9.17, 15) is 0 Å². The van der Waals surface area contributed by atoms with Crippen LogP contribution in [0.4, 0.5) is 11.4 Å². The highest BCUT2D eigenvalue weighted by atomic mass is 31.1. The van der Waals surface area contributed by atoms with Gasteiger partial charge in [-0.25, -0.2) is 0 Å². The summed E-state index contributed by atoms with van der Waals surface area (Å²) in [5, 5.41) is 14.2. The lowest BCUT2D eigenvalue weighted by molar-refractivity contribution is 0.485. The van der Waals surface area contributed by atoms with Crippen molar-refractivity contribution in [3.8, 4) is 0 Å². The molecule has 0 amide bonds. The van der Waals surface area contributed by atoms with Crippen molar-refractivity contribution < 1.29 is 0 Å². The summed E-state index contributed by atoms with van der Waals surface area (Å²) < 4.78 is 0. The van der Waals surface area contributed by atoms with Crippen LogP contribution < -0.4 is 31.9 Å². The molecule has 0 heterocycles. The molecule has 2 aliphatic rings. The molecule has 4 unspecified atom stereocenters. The molecule has 5 aromatic carbocycles. The Morgan fingerprint density at radius 2 is 0.708 bits per heavy atom. The summed E-state index contributed by atoms with van der Waals surface area (Å²) in [4.78, 5) is 0. The predicted molar refractivity (Wildman–Crippen MR) is 213 cm³/mol. The van der Waals surface area contributed by atoms with Crippen molar-refractivity contribution >= 4 is 48.4 Å². The van der Waals surface area contributed by atoms with E-state index in [0.717, 1.165) is 0 Å². The lowest BCUT2D eigenvalue weighted by Gasteiger charge is -2.36. The van der Waals surface area contributed by atoms with Crippen LogP contribution in [-0.4, -0.2) is 23.4 Å². The number of anilines is 2. The summed E-state index contributed by atoms with van der Waals surface area (Å²) in [5.41, 5.74) is 3.82. The molecule has 5 aromatic rings. The van der Waals surface area contributed by atoms with Crippen LogP contribution in [0.1, 0.15) is 52.4 Å². The largest absolute Gasteiger partial charge is 0.381 e. The molecule has 0 bridgehead atoms. The van der Waals surface area contributed by atoms with Crippen LogP contribution in [0.2, 0.25) is 0 Å². The fourth-order valence-corrected chi connectivity index (χ4v) is 15.2. The van der Waals surface area contributed by atoms with Crippen LogP contribution in [-0.2, 0) is 0 Å². The average molecular weight is 669 g/mol. The van der Waals surface area contributed by atoms with Crippen LogP contribution in [0.3, 0.4) is 0 Å². The minimum atomic E-state index is -0.430. The molecular formula is C44H50N2P2. The van der Waals surface area contributed by atoms with Gasteiger partial charge in [0, 0.05) is 12.1 Å². The highest BCUT2D eigenvalue weighted by molar-refractivity contribution is 7.74. The number of hydrogen-bond donors (Lipinski definition) is 2. The molecule has 0 spiro atoms. The van der Waals surface area contributed by atoms with Gasteiger partial charge < -0.3 is 10.6 Å². The van der Waals surface area contributed by atoms with E-state index in [4.69, 9.17) is 0 Å². The third-order valence-electron chi connectivity index (χ3n) is 10.8. The number of rotatable bonds is 12. The van der Waals surface area contributed by atoms with Crippen molar-refractivity contribution in [3.05, 3.63) is 146 Å². The molecule has 246 valence electrons. The zero-order chi connectivity index (χ0) is 32.7. The lowest BCUT2D eigenvalue weighted by Crippen LogP contribution is -2.36. The zero-order valence-electron chi connectivity index (χ0n) is 28.5. The third kappa shape index (κ3) is 7.42. The molecule has 0 aliphatic heterocycles. The van der Waals surface area contributed by atoms with Gasteiger partial charge in [-0.05, 0) is 112 Å². The molecule has 2 aliphatic carbocycles. The van der Waals surface area contributed by atoms with E-state index in [1.807, 2.05) is 0 Å². The maximum atomic E-state index is 4.07. The first-order chi connectivity index (χ1) is 23.7. The first-order valence-electron chi connectivity index (χ1n) is 18.1. The van der Waals surface area contributed by atoms with E-state index in [1.54, 1.807) is 0 Å². The second-order valence-electron chi connectivity index (χ2n) is 13.8. The van der Waals surface area contributed by atoms with Gasteiger partial charge in [-0.15, -0.1) is 0 Å². The standard InChI is InChI=1S/C44H50N2P2/c1-33(39-27-17-31-43(39)47(35-19-7-3-8-20-35)36-21-9-4-10-22-36)45-41-29-15-16-30-42(41)46-34(2)40-28-18-32-44(40)48(37-23-11-5-12-24-37)38-25-13-6-14-26-38/h3-16,19-26,29-30,33-34,39-40,43-46H,17-18,27-28,31-32H2,1-2H3/t33-,34-,39?,40?,43?,44?/m0/s1. The van der Waals surface area contributed by atoms with E-state index in [0.29, 0.717) is 35.2 Å². The maximum absolute atomic E-state index is 4.07. The quantitative estimate of drug-likeness (QED) is 0.129. The SMILES string of the molecule is C[C@H](Nc1ccccc1N[C@@H](C)C1CCCC1P(c1ccccc1)c1ccccc1)C1CCCC1P(c1ccccc1)c1ccccc1. The number of benzene rings is 5. The summed E-state index contributed by atoms with van der Waals surface area (Å²) in [7, 11) is -0.860. The Balaban J connectivity index is 1.10. The maximum Gasteiger partial charge on any atom is 0.0578 e. The van der Waals surface area contributed by atoms with Crippen LogP contribution in [0.15, 0.2) is 146 Å². The lowest BCUT2D eigenvalue weighted by atomic mass is 9.98. The molecule has 2 fully saturated rings. The van der Waals surface area contributed by atoms with E-state index in [-0.39, 0.29) is 0 Å². The Bertz CT molecular complexity index is 1490. The summed E-state index contributed by atoms with van der Waals surface area (Å²) in [5.74, 6) is 1.25. The Hall–Kier alpha value is -3.44. The average Bonchev–Trinajstić information content (AvgIpc) is 3.82. The summed E-state index contributed by atoms with van der Waals surface area (Å²) in [6, 6.07) is 55.1. The molecule has 7 rings (SSSR count). The number of nitrogens with one attached hydrogen (secondary N) is 2. The van der Waals surface area contributed by atoms with Crippen molar-refractivity contribution in [2.45, 2.75) is 75.8 Å². The first kappa shape index (κ1) is 33.1. The van der Waals surface area contributed by atoms with Gasteiger partial charge in [-0.3, -0.25) is 0 Å². The van der Waals surface area contributed by atoms with E-state index < -0.39 is 15.8 Å². The van der Waals surface area contributed by atoms with Crippen LogP contribution in [0.5, 0.6) is 0 Å². The van der Waals surface area contributed by atoms with Crippen molar-refractivity contribution in [2.75, 3.05) is 10.6 Å². The van der Waals surface area contributed by atoms with Gasteiger partial charge in [0.05, 0.1) is 11.4 Å². The summed E-state index contributed by atoms with van der Waals surface area (Å²) >= 11 is 0. The van der Waals surface area contributed by atoms with Crippen LogP contribution >= 0.6 is 15.8 Å². The zero-order valence-corrected chi connectivity index (χ0v) is 30.2. The Morgan fingerprint density at radius 1 is 0.417 bits per heavy atom. The summed E-state index contributed by atoms with van der Waals surface area (Å²) in [6.45, 7) is 4.87. The van der Waals surface area contributed by atoms with E-state index in [2.05, 4.69) is 170 Å². The van der Waals surface area contributed by atoms with Crippen LogP contribution in [0, 0.1) is 11.8 Å². The number of para-hydroxylation sites is 2. The van der Waals surface area contributed by atoms with Gasteiger partial charge >= 0.3 is 0 Å². The smallest absolute Gasteiger partial charge is 0.0578 e. The normalized spacial score (nSPS) is 22.1. The van der Waals surface area contributed by atoms with Gasteiger partial charge in [0.2, 0.25) is 0 Å². The Kier molecular flexibility index (Phi) is 10.9. The topological polar surface area (TPSA) is 24.1 Å².